The van der Waals surface area contributed by atoms with E-state index in [1.165, 1.54) is 12.1 Å². The van der Waals surface area contributed by atoms with Gasteiger partial charge in [-0.3, -0.25) is 4.79 Å². The summed E-state index contributed by atoms with van der Waals surface area (Å²) in [6.45, 7) is 3.67. The molecule has 0 unspecified atom stereocenters. The molecule has 3 rings (SSSR count). The highest BCUT2D eigenvalue weighted by molar-refractivity contribution is 6.30. The molecule has 0 aliphatic rings. The largest absolute Gasteiger partial charge is 0.489 e. The van der Waals surface area contributed by atoms with Crippen LogP contribution in [0, 0.1) is 0 Å². The summed E-state index contributed by atoms with van der Waals surface area (Å²) < 4.78 is 11.5. The summed E-state index contributed by atoms with van der Waals surface area (Å²) >= 11 is 5.87. The van der Waals surface area contributed by atoms with E-state index in [1.807, 2.05) is 0 Å². The second-order valence-electron chi connectivity index (χ2n) is 7.34. The van der Waals surface area contributed by atoms with E-state index < -0.39 is 11.6 Å². The molecule has 3 aromatic rings. The zero-order valence-electron chi connectivity index (χ0n) is 17.1. The van der Waals surface area contributed by atoms with Gasteiger partial charge in [-0.2, -0.15) is 0 Å². The fourth-order valence-corrected chi connectivity index (χ4v) is 2.80. The van der Waals surface area contributed by atoms with Gasteiger partial charge in [0.2, 0.25) is 0 Å². The number of ether oxygens (including phenoxy) is 2. The highest BCUT2D eigenvalue weighted by atomic mass is 35.5. The highest BCUT2D eigenvalue weighted by Crippen LogP contribution is 2.23. The lowest BCUT2D eigenvalue weighted by atomic mass is 10.1. The van der Waals surface area contributed by atoms with Crippen LogP contribution in [0.2, 0.25) is 5.02 Å². The number of hydrogen-bond acceptors (Lipinski definition) is 4. The molecule has 31 heavy (non-hydrogen) atoms. The van der Waals surface area contributed by atoms with E-state index in [-0.39, 0.29) is 11.5 Å². The van der Waals surface area contributed by atoms with Crippen LogP contribution in [0.25, 0.3) is 0 Å². The first-order valence-corrected chi connectivity index (χ1v) is 9.92. The minimum atomic E-state index is -1.09. The molecule has 0 aromatic heterocycles. The first-order valence-electron chi connectivity index (χ1n) is 9.54. The lowest BCUT2D eigenvalue weighted by Gasteiger charge is -2.25. The lowest BCUT2D eigenvalue weighted by Crippen LogP contribution is -2.42. The molecule has 0 radical (unpaired) electrons. The summed E-state index contributed by atoms with van der Waals surface area (Å²) in [6.07, 6.45) is 0. The van der Waals surface area contributed by atoms with E-state index in [0.29, 0.717) is 28.8 Å². The summed E-state index contributed by atoms with van der Waals surface area (Å²) in [7, 11) is 0. The Bertz CT molecular complexity index is 1040. The van der Waals surface area contributed by atoms with Gasteiger partial charge in [0.1, 0.15) is 18.1 Å². The Kier molecular flexibility index (Phi) is 6.82. The fraction of sp³-hybridized carbons (Fsp3) is 0.167. The van der Waals surface area contributed by atoms with Crippen LogP contribution in [0.4, 0.5) is 5.69 Å². The van der Waals surface area contributed by atoms with Crippen molar-refractivity contribution in [3.05, 3.63) is 88.9 Å². The Hall–Kier alpha value is -3.51. The van der Waals surface area contributed by atoms with Crippen molar-refractivity contribution in [2.45, 2.75) is 26.1 Å². The number of rotatable bonds is 8. The summed E-state index contributed by atoms with van der Waals surface area (Å²) in [5.74, 6) is -0.0943. The van der Waals surface area contributed by atoms with E-state index >= 15 is 0 Å². The second-order valence-corrected chi connectivity index (χ2v) is 7.77. The van der Waals surface area contributed by atoms with Gasteiger partial charge >= 0.3 is 5.97 Å². The van der Waals surface area contributed by atoms with Crippen LogP contribution in [-0.4, -0.2) is 22.6 Å². The first kappa shape index (κ1) is 22.2. The van der Waals surface area contributed by atoms with Crippen LogP contribution >= 0.6 is 11.6 Å². The Balaban J connectivity index is 1.54. The van der Waals surface area contributed by atoms with E-state index in [1.54, 1.807) is 74.5 Å². The Morgan fingerprint density at radius 2 is 1.48 bits per heavy atom. The number of hydrogen-bond donors (Lipinski definition) is 2. The summed E-state index contributed by atoms with van der Waals surface area (Å²) in [4.78, 5) is 23.5. The lowest BCUT2D eigenvalue weighted by molar-refractivity contribution is -0.128. The predicted octanol–water partition coefficient (Wildman–Crippen LogP) is 5.41. The number of carboxylic acids is 1. The summed E-state index contributed by atoms with van der Waals surface area (Å²) in [5.41, 5.74) is 0.594. The van der Waals surface area contributed by atoms with Crippen molar-refractivity contribution < 1.29 is 24.2 Å². The van der Waals surface area contributed by atoms with E-state index in [2.05, 4.69) is 5.32 Å². The molecule has 7 heteroatoms. The van der Waals surface area contributed by atoms with Crippen molar-refractivity contribution in [1.29, 1.82) is 0 Å². The zero-order valence-corrected chi connectivity index (χ0v) is 17.8. The monoisotopic (exact) mass is 439 g/mol. The normalized spacial score (nSPS) is 10.9. The molecule has 0 saturated carbocycles. The number of carbonyl (C=O) groups is 2. The van der Waals surface area contributed by atoms with E-state index in [9.17, 15) is 9.59 Å². The van der Waals surface area contributed by atoms with Gasteiger partial charge in [0.05, 0.1) is 5.56 Å². The third-order valence-corrected chi connectivity index (χ3v) is 4.70. The van der Waals surface area contributed by atoms with Crippen molar-refractivity contribution in [2.75, 3.05) is 5.32 Å². The van der Waals surface area contributed by atoms with Gasteiger partial charge in [-0.1, -0.05) is 23.7 Å². The van der Waals surface area contributed by atoms with Crippen LogP contribution in [0.1, 0.15) is 29.8 Å². The standard InChI is InChI=1S/C24H22ClNO5/c1-24(2,31-21-11-7-18(25)8-12-21)23(29)26-19-9-13-20(14-10-19)30-15-16-3-5-17(6-4-16)22(27)28/h3-14H,15H2,1-2H3,(H,26,29)(H,27,28). The molecule has 0 heterocycles. The molecule has 0 spiro atoms. The third kappa shape index (κ3) is 6.23. The molecule has 0 aliphatic carbocycles. The molecular weight excluding hydrogens is 418 g/mol. The van der Waals surface area contributed by atoms with Crippen molar-refractivity contribution in [3.8, 4) is 11.5 Å². The molecule has 0 saturated heterocycles. The third-order valence-electron chi connectivity index (χ3n) is 4.45. The number of nitrogens with one attached hydrogen (secondary N) is 1. The number of halogens is 1. The van der Waals surface area contributed by atoms with Gasteiger partial charge in [0, 0.05) is 10.7 Å². The number of aromatic carboxylic acids is 1. The summed E-state index contributed by atoms with van der Waals surface area (Å²) in [6, 6.07) is 20.3. The van der Waals surface area contributed by atoms with Crippen LogP contribution in [0.5, 0.6) is 11.5 Å². The maximum Gasteiger partial charge on any atom is 0.335 e. The number of carbonyl (C=O) groups excluding carboxylic acids is 1. The fourth-order valence-electron chi connectivity index (χ4n) is 2.67. The van der Waals surface area contributed by atoms with Crippen LogP contribution in [0.15, 0.2) is 72.8 Å². The second kappa shape index (κ2) is 9.53. The SMILES string of the molecule is CC(C)(Oc1ccc(Cl)cc1)C(=O)Nc1ccc(OCc2ccc(C(=O)O)cc2)cc1. The van der Waals surface area contributed by atoms with Crippen molar-refractivity contribution in [3.63, 3.8) is 0 Å². The Labute approximate surface area is 185 Å². The van der Waals surface area contributed by atoms with Crippen molar-refractivity contribution in [1.82, 2.24) is 0 Å². The first-order chi connectivity index (χ1) is 14.7. The average molecular weight is 440 g/mol. The molecular formula is C24H22ClNO5. The highest BCUT2D eigenvalue weighted by Gasteiger charge is 2.30. The van der Waals surface area contributed by atoms with Crippen LogP contribution in [-0.2, 0) is 11.4 Å². The molecule has 3 aromatic carbocycles. The molecule has 2 N–H and O–H groups in total. The molecule has 1 amide bonds. The summed E-state index contributed by atoms with van der Waals surface area (Å²) in [5, 5.41) is 12.4. The zero-order chi connectivity index (χ0) is 22.4. The number of amides is 1. The molecule has 0 aliphatic heterocycles. The Morgan fingerprint density at radius 1 is 0.903 bits per heavy atom. The van der Waals surface area contributed by atoms with E-state index in [4.69, 9.17) is 26.2 Å². The topological polar surface area (TPSA) is 84.9 Å². The maximum atomic E-state index is 12.6. The predicted molar refractivity (Wildman–Crippen MR) is 119 cm³/mol. The van der Waals surface area contributed by atoms with Gasteiger partial charge in [-0.25, -0.2) is 4.79 Å². The maximum absolute atomic E-state index is 12.6. The Morgan fingerprint density at radius 3 is 2.06 bits per heavy atom. The average Bonchev–Trinajstić information content (AvgIpc) is 2.75. The molecule has 0 bridgehead atoms. The van der Waals surface area contributed by atoms with Crippen LogP contribution in [0.3, 0.4) is 0 Å². The molecule has 160 valence electrons. The minimum absolute atomic E-state index is 0.229. The molecule has 6 nitrogen and oxygen atoms in total. The molecule has 0 atom stereocenters. The quantitative estimate of drug-likeness (QED) is 0.490. The van der Waals surface area contributed by atoms with E-state index in [0.717, 1.165) is 5.56 Å². The van der Waals surface area contributed by atoms with Gasteiger partial charge in [0.15, 0.2) is 5.60 Å². The van der Waals surface area contributed by atoms with Gasteiger partial charge in [0.25, 0.3) is 5.91 Å². The van der Waals surface area contributed by atoms with Crippen LogP contribution < -0.4 is 14.8 Å². The van der Waals surface area contributed by atoms with Gasteiger partial charge < -0.3 is 19.9 Å². The number of anilines is 1. The van der Waals surface area contributed by atoms with Gasteiger partial charge in [-0.05, 0) is 80.1 Å². The smallest absolute Gasteiger partial charge is 0.335 e. The van der Waals surface area contributed by atoms with Crippen molar-refractivity contribution >= 4 is 29.2 Å². The molecule has 0 fully saturated rings. The van der Waals surface area contributed by atoms with Gasteiger partial charge in [-0.15, -0.1) is 0 Å². The number of benzene rings is 3. The van der Waals surface area contributed by atoms with Crippen molar-refractivity contribution in [2.24, 2.45) is 0 Å². The minimum Gasteiger partial charge on any atom is -0.489 e. The number of carboxylic acid groups (broad SMARTS) is 1.